The topological polar surface area (TPSA) is 67.6 Å². The van der Waals surface area contributed by atoms with Gasteiger partial charge in [-0.2, -0.15) is 0 Å². The lowest BCUT2D eigenvalue weighted by atomic mass is 10.2. The largest absolute Gasteiger partial charge is 0.377 e. The molecule has 0 saturated carbocycles. The molecule has 1 unspecified atom stereocenters. The maximum absolute atomic E-state index is 11.0. The van der Waals surface area contributed by atoms with Crippen molar-refractivity contribution in [3.8, 4) is 0 Å². The summed E-state index contributed by atoms with van der Waals surface area (Å²) in [6.07, 6.45) is 0.985. The van der Waals surface area contributed by atoms with Crippen molar-refractivity contribution >= 4 is 30.7 Å². The van der Waals surface area contributed by atoms with E-state index in [0.29, 0.717) is 13.2 Å². The van der Waals surface area contributed by atoms with Crippen LogP contribution in [-0.4, -0.2) is 57.2 Å². The summed E-state index contributed by atoms with van der Waals surface area (Å²) in [5.41, 5.74) is 5.19. The number of amides is 1. The molecule has 0 radical (unpaired) electrons. The summed E-state index contributed by atoms with van der Waals surface area (Å²) in [7, 11) is 4.03. The molecule has 17 heavy (non-hydrogen) atoms. The number of nitrogens with one attached hydrogen (secondary N) is 1. The monoisotopic (exact) mass is 289 g/mol. The molecular weight excluding hydrogens is 265 g/mol. The molecule has 0 rings (SSSR count). The average molecular weight is 290 g/mol. The number of nitrogens with two attached hydrogens (primary N) is 1. The van der Waals surface area contributed by atoms with Crippen LogP contribution >= 0.6 is 24.8 Å². The molecule has 0 aliphatic carbocycles. The van der Waals surface area contributed by atoms with E-state index in [4.69, 9.17) is 10.5 Å². The van der Waals surface area contributed by atoms with E-state index in [-0.39, 0.29) is 43.4 Å². The van der Waals surface area contributed by atoms with Gasteiger partial charge in [-0.25, -0.2) is 0 Å². The Labute approximate surface area is 116 Å². The molecule has 0 fully saturated rings. The van der Waals surface area contributed by atoms with Gasteiger partial charge in [0.1, 0.15) is 0 Å². The first-order valence-electron chi connectivity index (χ1n) is 5.33. The fourth-order valence-electron chi connectivity index (χ4n) is 1.18. The van der Waals surface area contributed by atoms with Crippen molar-refractivity contribution < 1.29 is 9.53 Å². The fourth-order valence-corrected chi connectivity index (χ4v) is 1.18. The fraction of sp³-hybridized carbons (Fsp3) is 0.900. The third-order valence-corrected chi connectivity index (χ3v) is 2.01. The van der Waals surface area contributed by atoms with Crippen LogP contribution in [0, 0.1) is 0 Å². The molecule has 1 atom stereocenters. The summed E-state index contributed by atoms with van der Waals surface area (Å²) in [6, 6.07) is 0. The van der Waals surface area contributed by atoms with Gasteiger partial charge in [-0.15, -0.1) is 24.8 Å². The van der Waals surface area contributed by atoms with E-state index < -0.39 is 0 Å². The second-order valence-electron chi connectivity index (χ2n) is 3.68. The van der Waals surface area contributed by atoms with E-state index in [1.165, 1.54) is 0 Å². The van der Waals surface area contributed by atoms with E-state index in [1.54, 1.807) is 0 Å². The zero-order valence-electron chi connectivity index (χ0n) is 10.8. The normalized spacial score (nSPS) is 11.4. The Morgan fingerprint density at radius 3 is 2.41 bits per heavy atom. The zero-order valence-corrected chi connectivity index (χ0v) is 12.4. The third kappa shape index (κ3) is 13.9. The molecule has 0 aromatic rings. The second kappa shape index (κ2) is 14.0. The van der Waals surface area contributed by atoms with Crippen LogP contribution < -0.4 is 11.1 Å². The molecule has 0 aliphatic rings. The van der Waals surface area contributed by atoms with Gasteiger partial charge in [-0.05, 0) is 27.4 Å². The quantitative estimate of drug-likeness (QED) is 0.673. The number of ether oxygens (including phenoxy) is 1. The highest BCUT2D eigenvalue weighted by Gasteiger charge is 2.09. The van der Waals surface area contributed by atoms with Crippen molar-refractivity contribution in [2.75, 3.05) is 40.3 Å². The van der Waals surface area contributed by atoms with Gasteiger partial charge in [-0.3, -0.25) is 4.79 Å². The lowest BCUT2D eigenvalue weighted by Gasteiger charge is -2.19. The van der Waals surface area contributed by atoms with Gasteiger partial charge in [0.05, 0.1) is 12.6 Å². The van der Waals surface area contributed by atoms with Crippen molar-refractivity contribution in [2.24, 2.45) is 5.73 Å². The predicted molar refractivity (Wildman–Crippen MR) is 75.1 cm³/mol. The molecule has 3 N–H and O–H groups in total. The van der Waals surface area contributed by atoms with Crippen molar-refractivity contribution in [3.63, 3.8) is 0 Å². The Kier molecular flexibility index (Phi) is 18.2. The van der Waals surface area contributed by atoms with Crippen LogP contribution in [0.15, 0.2) is 0 Å². The summed E-state index contributed by atoms with van der Waals surface area (Å²) in [6.45, 7) is 4.14. The minimum atomic E-state index is -0.135. The van der Waals surface area contributed by atoms with Crippen molar-refractivity contribution in [1.82, 2.24) is 10.2 Å². The smallest absolute Gasteiger partial charge is 0.233 e. The van der Waals surface area contributed by atoms with Gasteiger partial charge in [0.15, 0.2) is 0 Å². The summed E-state index contributed by atoms with van der Waals surface area (Å²) < 4.78 is 5.51. The summed E-state index contributed by atoms with van der Waals surface area (Å²) >= 11 is 0. The number of carbonyl (C=O) groups is 1. The molecule has 7 heteroatoms. The maximum atomic E-state index is 11.0. The Morgan fingerprint density at radius 2 is 2.00 bits per heavy atom. The Hall–Kier alpha value is -0.0700. The lowest BCUT2D eigenvalue weighted by molar-refractivity contribution is -0.120. The molecule has 0 aromatic heterocycles. The number of halogens is 2. The van der Waals surface area contributed by atoms with Gasteiger partial charge in [0.25, 0.3) is 0 Å². The molecular formula is C10H25Cl2N3O2. The van der Waals surface area contributed by atoms with Crippen LogP contribution in [0.1, 0.15) is 13.3 Å². The highest BCUT2D eigenvalue weighted by atomic mass is 35.5. The minimum Gasteiger partial charge on any atom is -0.377 e. The molecule has 0 heterocycles. The second-order valence-corrected chi connectivity index (χ2v) is 3.68. The molecule has 1 amide bonds. The molecule has 0 saturated heterocycles. The highest BCUT2D eigenvalue weighted by molar-refractivity contribution is 5.85. The van der Waals surface area contributed by atoms with Crippen LogP contribution in [0.4, 0.5) is 0 Å². The Balaban J connectivity index is -0.000000980. The van der Waals surface area contributed by atoms with E-state index in [1.807, 2.05) is 21.0 Å². The summed E-state index contributed by atoms with van der Waals surface area (Å²) in [4.78, 5) is 13.1. The molecule has 0 bridgehead atoms. The summed E-state index contributed by atoms with van der Waals surface area (Å²) in [5, 5.41) is 2.73. The minimum absolute atomic E-state index is 0. The molecule has 0 aliphatic heterocycles. The predicted octanol–water partition coefficient (Wildman–Crippen LogP) is 0.262. The van der Waals surface area contributed by atoms with Crippen LogP contribution in [0.3, 0.4) is 0 Å². The number of hydrogen-bond acceptors (Lipinski definition) is 4. The molecule has 106 valence electrons. The average Bonchev–Trinajstić information content (AvgIpc) is 2.21. The van der Waals surface area contributed by atoms with Crippen LogP contribution in [0.25, 0.3) is 0 Å². The van der Waals surface area contributed by atoms with Crippen LogP contribution in [0.2, 0.25) is 0 Å². The zero-order chi connectivity index (χ0) is 11.7. The van der Waals surface area contributed by atoms with E-state index >= 15 is 0 Å². The molecule has 0 spiro atoms. The third-order valence-electron chi connectivity index (χ3n) is 2.01. The first-order chi connectivity index (χ1) is 7.10. The first-order valence-corrected chi connectivity index (χ1v) is 5.33. The summed E-state index contributed by atoms with van der Waals surface area (Å²) in [5.74, 6) is -0.135. The Morgan fingerprint density at radius 1 is 1.41 bits per heavy atom. The first kappa shape index (κ1) is 22.1. The maximum Gasteiger partial charge on any atom is 0.233 e. The van der Waals surface area contributed by atoms with E-state index in [0.717, 1.165) is 13.0 Å². The van der Waals surface area contributed by atoms with Crippen LogP contribution in [-0.2, 0) is 9.53 Å². The van der Waals surface area contributed by atoms with Crippen molar-refractivity contribution in [1.29, 1.82) is 0 Å². The molecule has 0 aromatic carbocycles. The lowest BCUT2D eigenvalue weighted by Crippen LogP contribution is -2.38. The molecule has 5 nitrogen and oxygen atoms in total. The number of hydrogen-bond donors (Lipinski definition) is 2. The van der Waals surface area contributed by atoms with Gasteiger partial charge in [0.2, 0.25) is 5.91 Å². The number of rotatable bonds is 8. The number of carbonyl (C=O) groups excluding carboxylic acids is 1. The van der Waals surface area contributed by atoms with Gasteiger partial charge in [0, 0.05) is 19.7 Å². The highest BCUT2D eigenvalue weighted by Crippen LogP contribution is 1.98. The van der Waals surface area contributed by atoms with E-state index in [2.05, 4.69) is 10.2 Å². The number of nitrogens with zero attached hydrogens (tertiary/aromatic N) is 1. The standard InChI is InChI=1S/C10H23N3O2.2ClH/c1-4-15-9(5-6-13(2)3)8-12-10(14)7-11;;/h9H,4-8,11H2,1-3H3,(H,12,14);2*1H. The van der Waals surface area contributed by atoms with Crippen molar-refractivity contribution in [2.45, 2.75) is 19.4 Å². The van der Waals surface area contributed by atoms with Gasteiger partial charge < -0.3 is 20.7 Å². The van der Waals surface area contributed by atoms with Gasteiger partial charge >= 0.3 is 0 Å². The Bertz CT molecular complexity index is 183. The van der Waals surface area contributed by atoms with Crippen LogP contribution in [0.5, 0.6) is 0 Å². The van der Waals surface area contributed by atoms with E-state index in [9.17, 15) is 4.79 Å². The van der Waals surface area contributed by atoms with Gasteiger partial charge in [-0.1, -0.05) is 0 Å². The SMILES string of the molecule is CCOC(CCN(C)C)CNC(=O)CN.Cl.Cl. The van der Waals surface area contributed by atoms with Crippen molar-refractivity contribution in [3.05, 3.63) is 0 Å².